The van der Waals surface area contributed by atoms with Crippen molar-refractivity contribution in [3.05, 3.63) is 23.8 Å². The molecule has 0 aliphatic carbocycles. The summed E-state index contributed by atoms with van der Waals surface area (Å²) in [6.07, 6.45) is 2.16. The lowest BCUT2D eigenvalue weighted by Gasteiger charge is -2.38. The number of likely N-dealkylation sites (tertiary alicyclic amines) is 1. The third-order valence-corrected chi connectivity index (χ3v) is 4.79. The van der Waals surface area contributed by atoms with Crippen LogP contribution in [0.1, 0.15) is 31.7 Å². The van der Waals surface area contributed by atoms with Gasteiger partial charge in [-0.05, 0) is 50.0 Å². The molecule has 0 spiro atoms. The predicted octanol–water partition coefficient (Wildman–Crippen LogP) is 2.49. The number of nitrogens with zero attached hydrogens (tertiary/aromatic N) is 1. The Hall–Kier alpha value is -1.75. The van der Waals surface area contributed by atoms with Gasteiger partial charge in [-0.25, -0.2) is 0 Å². The number of carboxylic acid groups (broad SMARTS) is 1. The molecule has 0 unspecified atom stereocenters. The Morgan fingerprint density at radius 1 is 1.29 bits per heavy atom. The van der Waals surface area contributed by atoms with Crippen molar-refractivity contribution in [1.82, 2.24) is 4.90 Å². The molecule has 0 atom stereocenters. The highest BCUT2D eigenvalue weighted by Crippen LogP contribution is 2.36. The van der Waals surface area contributed by atoms with Gasteiger partial charge in [0.25, 0.3) is 0 Å². The summed E-state index contributed by atoms with van der Waals surface area (Å²) < 4.78 is 10.7. The summed E-state index contributed by atoms with van der Waals surface area (Å²) in [5, 5.41) is 9.42. The van der Waals surface area contributed by atoms with Gasteiger partial charge >= 0.3 is 5.97 Å². The summed E-state index contributed by atoms with van der Waals surface area (Å²) in [7, 11) is 0. The third-order valence-electron chi connectivity index (χ3n) is 4.79. The van der Waals surface area contributed by atoms with Crippen molar-refractivity contribution in [3.8, 4) is 11.5 Å². The standard InChI is InChI=1S/C16H21NO4/c1-2-16(15(18)19)5-7-17(8-6-16)10-12-3-4-13-14(9-12)21-11-20-13/h3-4,9H,2,5-8,10-11H2,1H3,(H,18,19). The SMILES string of the molecule is CCC1(C(=O)O)CCN(Cc2ccc3c(c2)OCO3)CC1. The minimum absolute atomic E-state index is 0.292. The first-order valence-electron chi connectivity index (χ1n) is 7.47. The highest BCUT2D eigenvalue weighted by atomic mass is 16.7. The quantitative estimate of drug-likeness (QED) is 0.923. The van der Waals surface area contributed by atoms with E-state index in [1.807, 2.05) is 25.1 Å². The molecule has 0 saturated carbocycles. The summed E-state index contributed by atoms with van der Waals surface area (Å²) in [6, 6.07) is 6.00. The maximum atomic E-state index is 11.5. The number of piperidine rings is 1. The van der Waals surface area contributed by atoms with Crippen molar-refractivity contribution >= 4 is 5.97 Å². The lowest BCUT2D eigenvalue weighted by atomic mass is 9.76. The minimum Gasteiger partial charge on any atom is -0.481 e. The number of carboxylic acids is 1. The molecule has 0 aromatic heterocycles. The Labute approximate surface area is 124 Å². The molecule has 1 aromatic carbocycles. The van der Waals surface area contributed by atoms with Gasteiger partial charge in [0.1, 0.15) is 0 Å². The lowest BCUT2D eigenvalue weighted by molar-refractivity contribution is -0.152. The van der Waals surface area contributed by atoms with E-state index in [2.05, 4.69) is 4.90 Å². The molecular formula is C16H21NO4. The average Bonchev–Trinajstić information content (AvgIpc) is 2.95. The van der Waals surface area contributed by atoms with Crippen LogP contribution in [0, 0.1) is 5.41 Å². The molecule has 21 heavy (non-hydrogen) atoms. The van der Waals surface area contributed by atoms with Crippen LogP contribution in [0.2, 0.25) is 0 Å². The third kappa shape index (κ3) is 2.70. The molecule has 0 amide bonds. The number of hydrogen-bond donors (Lipinski definition) is 1. The number of benzene rings is 1. The van der Waals surface area contributed by atoms with Gasteiger partial charge in [0.15, 0.2) is 11.5 Å². The van der Waals surface area contributed by atoms with Crippen molar-refractivity contribution in [2.45, 2.75) is 32.7 Å². The second-order valence-corrected chi connectivity index (χ2v) is 5.90. The van der Waals surface area contributed by atoms with E-state index in [1.54, 1.807) is 0 Å². The molecule has 1 fully saturated rings. The van der Waals surface area contributed by atoms with E-state index >= 15 is 0 Å². The first-order valence-corrected chi connectivity index (χ1v) is 7.47. The number of fused-ring (bicyclic) bond motifs is 1. The summed E-state index contributed by atoms with van der Waals surface area (Å²) >= 11 is 0. The fraction of sp³-hybridized carbons (Fsp3) is 0.562. The maximum absolute atomic E-state index is 11.5. The van der Waals surface area contributed by atoms with E-state index in [1.165, 1.54) is 5.56 Å². The Kier molecular flexibility index (Phi) is 3.76. The van der Waals surface area contributed by atoms with E-state index in [4.69, 9.17) is 9.47 Å². The zero-order valence-corrected chi connectivity index (χ0v) is 12.3. The van der Waals surface area contributed by atoms with Crippen LogP contribution in [0.15, 0.2) is 18.2 Å². The van der Waals surface area contributed by atoms with E-state index in [-0.39, 0.29) is 0 Å². The van der Waals surface area contributed by atoms with Gasteiger partial charge in [0.2, 0.25) is 6.79 Å². The van der Waals surface area contributed by atoms with Crippen molar-refractivity contribution in [1.29, 1.82) is 0 Å². The Bertz CT molecular complexity index is 535. The molecule has 1 N–H and O–H groups in total. The van der Waals surface area contributed by atoms with Gasteiger partial charge in [-0.2, -0.15) is 0 Å². The summed E-state index contributed by atoms with van der Waals surface area (Å²) in [5.41, 5.74) is 0.657. The van der Waals surface area contributed by atoms with Gasteiger partial charge < -0.3 is 14.6 Å². The van der Waals surface area contributed by atoms with Crippen LogP contribution < -0.4 is 9.47 Å². The predicted molar refractivity (Wildman–Crippen MR) is 77.4 cm³/mol. The molecule has 0 radical (unpaired) electrons. The minimum atomic E-state index is -0.646. The molecule has 114 valence electrons. The largest absolute Gasteiger partial charge is 0.481 e. The van der Waals surface area contributed by atoms with Gasteiger partial charge in [0, 0.05) is 6.54 Å². The summed E-state index contributed by atoms with van der Waals surface area (Å²) in [5.74, 6) is 0.957. The normalized spacial score (nSPS) is 20.4. The topological polar surface area (TPSA) is 59.0 Å². The average molecular weight is 291 g/mol. The van der Waals surface area contributed by atoms with Crippen LogP contribution in [-0.2, 0) is 11.3 Å². The van der Waals surface area contributed by atoms with Gasteiger partial charge in [-0.1, -0.05) is 13.0 Å². The van der Waals surface area contributed by atoms with E-state index in [0.29, 0.717) is 13.2 Å². The molecule has 0 bridgehead atoms. The van der Waals surface area contributed by atoms with Crippen molar-refractivity contribution < 1.29 is 19.4 Å². The van der Waals surface area contributed by atoms with Crippen LogP contribution in [0.5, 0.6) is 11.5 Å². The van der Waals surface area contributed by atoms with E-state index in [9.17, 15) is 9.90 Å². The first kappa shape index (κ1) is 14.2. The highest BCUT2D eigenvalue weighted by Gasteiger charge is 2.39. The van der Waals surface area contributed by atoms with Crippen LogP contribution in [-0.4, -0.2) is 35.9 Å². The van der Waals surface area contributed by atoms with Gasteiger partial charge in [-0.15, -0.1) is 0 Å². The zero-order valence-electron chi connectivity index (χ0n) is 12.3. The number of rotatable bonds is 4. The number of carbonyl (C=O) groups is 1. The molecule has 2 aliphatic rings. The number of ether oxygens (including phenoxy) is 2. The second-order valence-electron chi connectivity index (χ2n) is 5.90. The highest BCUT2D eigenvalue weighted by molar-refractivity contribution is 5.74. The van der Waals surface area contributed by atoms with Crippen LogP contribution in [0.4, 0.5) is 0 Å². The molecule has 3 rings (SSSR count). The van der Waals surface area contributed by atoms with E-state index in [0.717, 1.165) is 44.0 Å². The number of aliphatic carboxylic acids is 1. The Morgan fingerprint density at radius 2 is 2.00 bits per heavy atom. The molecule has 5 nitrogen and oxygen atoms in total. The Morgan fingerprint density at radius 3 is 2.67 bits per heavy atom. The van der Waals surface area contributed by atoms with Crippen molar-refractivity contribution in [2.24, 2.45) is 5.41 Å². The molecular weight excluding hydrogens is 270 g/mol. The zero-order chi connectivity index (χ0) is 14.9. The van der Waals surface area contributed by atoms with Crippen molar-refractivity contribution in [2.75, 3.05) is 19.9 Å². The maximum Gasteiger partial charge on any atom is 0.309 e. The van der Waals surface area contributed by atoms with Crippen LogP contribution in [0.25, 0.3) is 0 Å². The fourth-order valence-corrected chi connectivity index (χ4v) is 3.16. The van der Waals surface area contributed by atoms with Crippen LogP contribution >= 0.6 is 0 Å². The van der Waals surface area contributed by atoms with E-state index < -0.39 is 11.4 Å². The first-order chi connectivity index (χ1) is 10.1. The molecule has 1 saturated heterocycles. The monoisotopic (exact) mass is 291 g/mol. The van der Waals surface area contributed by atoms with Crippen molar-refractivity contribution in [3.63, 3.8) is 0 Å². The lowest BCUT2D eigenvalue weighted by Crippen LogP contribution is -2.43. The summed E-state index contributed by atoms with van der Waals surface area (Å²) in [6.45, 7) is 4.75. The molecule has 5 heteroatoms. The second kappa shape index (κ2) is 5.56. The summed E-state index contributed by atoms with van der Waals surface area (Å²) in [4.78, 5) is 13.8. The van der Waals surface area contributed by atoms with Crippen LogP contribution in [0.3, 0.4) is 0 Å². The molecule has 1 aromatic rings. The Balaban J connectivity index is 1.62. The van der Waals surface area contributed by atoms with Gasteiger partial charge in [0.05, 0.1) is 5.41 Å². The van der Waals surface area contributed by atoms with Gasteiger partial charge in [-0.3, -0.25) is 9.69 Å². The molecule has 2 aliphatic heterocycles. The number of hydrogen-bond acceptors (Lipinski definition) is 4. The molecule has 2 heterocycles. The fourth-order valence-electron chi connectivity index (χ4n) is 3.16. The smallest absolute Gasteiger partial charge is 0.309 e.